The number of methoxy groups -OCH3 is 1. The van der Waals surface area contributed by atoms with Crippen LogP contribution in [0.1, 0.15) is 29.4 Å². The van der Waals surface area contributed by atoms with E-state index in [0.29, 0.717) is 10.1 Å². The van der Waals surface area contributed by atoms with Gasteiger partial charge in [0.15, 0.2) is 5.17 Å². The standard InChI is InChI=1S/C25H25N3O2S/c1-5-18-8-6-7-9-22(18)28-16(2)14-19(17(28)3)15-23-24(29)27-25(31-23)26-20-10-12-21(30-4)13-11-20/h6-15H,5H2,1-4H3,(H,26,27,29)/b23-15-. The molecule has 0 bridgehead atoms. The second-order valence-corrected chi connectivity index (χ2v) is 8.35. The van der Waals surface area contributed by atoms with Crippen molar-refractivity contribution in [2.45, 2.75) is 27.2 Å². The maximum absolute atomic E-state index is 12.5. The van der Waals surface area contributed by atoms with E-state index < -0.39 is 0 Å². The molecule has 0 saturated carbocycles. The summed E-state index contributed by atoms with van der Waals surface area (Å²) in [5.41, 5.74) is 6.53. The van der Waals surface area contributed by atoms with Crippen LogP contribution in [-0.4, -0.2) is 22.8 Å². The van der Waals surface area contributed by atoms with Gasteiger partial charge in [-0.3, -0.25) is 4.79 Å². The zero-order chi connectivity index (χ0) is 22.0. The van der Waals surface area contributed by atoms with E-state index in [1.807, 2.05) is 30.3 Å². The molecular weight excluding hydrogens is 406 g/mol. The first-order valence-corrected chi connectivity index (χ1v) is 11.0. The number of amides is 1. The highest BCUT2D eigenvalue weighted by atomic mass is 32.2. The second kappa shape index (κ2) is 8.86. The average Bonchev–Trinajstić information content (AvgIpc) is 3.26. The number of aryl methyl sites for hydroxylation is 2. The summed E-state index contributed by atoms with van der Waals surface area (Å²) in [7, 11) is 1.63. The lowest BCUT2D eigenvalue weighted by atomic mass is 10.1. The van der Waals surface area contributed by atoms with Gasteiger partial charge in [-0.1, -0.05) is 25.1 Å². The van der Waals surface area contributed by atoms with Crippen molar-refractivity contribution in [3.63, 3.8) is 0 Å². The Morgan fingerprint density at radius 2 is 1.87 bits per heavy atom. The Morgan fingerprint density at radius 1 is 1.13 bits per heavy atom. The molecule has 2 heterocycles. The van der Waals surface area contributed by atoms with Gasteiger partial charge in [0, 0.05) is 17.1 Å². The van der Waals surface area contributed by atoms with Crippen LogP contribution in [0, 0.1) is 13.8 Å². The first-order chi connectivity index (χ1) is 15.0. The van der Waals surface area contributed by atoms with Gasteiger partial charge in [0.2, 0.25) is 0 Å². The lowest BCUT2D eigenvalue weighted by Crippen LogP contribution is -2.19. The summed E-state index contributed by atoms with van der Waals surface area (Å²) < 4.78 is 7.43. The van der Waals surface area contributed by atoms with Crippen molar-refractivity contribution in [1.29, 1.82) is 0 Å². The van der Waals surface area contributed by atoms with Gasteiger partial charge in [-0.15, -0.1) is 0 Å². The fourth-order valence-electron chi connectivity index (χ4n) is 3.73. The zero-order valence-electron chi connectivity index (χ0n) is 18.1. The fourth-order valence-corrected chi connectivity index (χ4v) is 4.56. The Hall–Kier alpha value is -3.25. The number of para-hydroxylation sites is 1. The van der Waals surface area contributed by atoms with Crippen LogP contribution < -0.4 is 10.1 Å². The molecule has 0 unspecified atom stereocenters. The second-order valence-electron chi connectivity index (χ2n) is 7.32. The lowest BCUT2D eigenvalue weighted by molar-refractivity contribution is -0.115. The predicted octanol–water partition coefficient (Wildman–Crippen LogP) is 5.56. The van der Waals surface area contributed by atoms with E-state index in [-0.39, 0.29) is 5.91 Å². The van der Waals surface area contributed by atoms with E-state index in [4.69, 9.17) is 4.74 Å². The van der Waals surface area contributed by atoms with Gasteiger partial charge in [-0.2, -0.15) is 0 Å². The molecule has 0 aliphatic carbocycles. The average molecular weight is 432 g/mol. The van der Waals surface area contributed by atoms with Crippen molar-refractivity contribution in [3.05, 3.63) is 82.0 Å². The van der Waals surface area contributed by atoms with Crippen molar-refractivity contribution in [3.8, 4) is 11.4 Å². The van der Waals surface area contributed by atoms with E-state index >= 15 is 0 Å². The summed E-state index contributed by atoms with van der Waals surface area (Å²) in [6.45, 7) is 6.36. The van der Waals surface area contributed by atoms with Crippen LogP contribution >= 0.6 is 11.8 Å². The maximum atomic E-state index is 12.5. The normalized spacial score (nSPS) is 16.2. The number of nitrogens with zero attached hydrogens (tertiary/aromatic N) is 2. The molecule has 1 amide bonds. The number of hydrogen-bond acceptors (Lipinski definition) is 4. The van der Waals surface area contributed by atoms with Gasteiger partial charge in [0.1, 0.15) is 5.75 Å². The minimum atomic E-state index is -0.129. The van der Waals surface area contributed by atoms with Gasteiger partial charge in [0.05, 0.1) is 17.7 Å². The van der Waals surface area contributed by atoms with E-state index in [2.05, 4.69) is 66.0 Å². The van der Waals surface area contributed by atoms with Crippen LogP contribution in [0.2, 0.25) is 0 Å². The minimum Gasteiger partial charge on any atom is -0.497 e. The van der Waals surface area contributed by atoms with Crippen LogP contribution in [0.25, 0.3) is 11.8 Å². The summed E-state index contributed by atoms with van der Waals surface area (Å²) in [5, 5.41) is 3.44. The highest BCUT2D eigenvalue weighted by molar-refractivity contribution is 8.18. The number of thioether (sulfide) groups is 1. The number of ether oxygens (including phenoxy) is 1. The quantitative estimate of drug-likeness (QED) is 0.538. The molecule has 0 radical (unpaired) electrons. The summed E-state index contributed by atoms with van der Waals surface area (Å²) >= 11 is 1.36. The number of rotatable bonds is 5. The summed E-state index contributed by atoms with van der Waals surface area (Å²) in [6.07, 6.45) is 2.91. The molecule has 2 aromatic carbocycles. The molecule has 6 heteroatoms. The molecule has 1 aliphatic heterocycles. The van der Waals surface area contributed by atoms with Gasteiger partial charge in [0.25, 0.3) is 5.91 Å². The lowest BCUT2D eigenvalue weighted by Gasteiger charge is -2.13. The zero-order valence-corrected chi connectivity index (χ0v) is 18.9. The number of hydrogen-bond donors (Lipinski definition) is 1. The number of carbonyl (C=O) groups excluding carboxylic acids is 1. The number of amidine groups is 1. The Kier molecular flexibility index (Phi) is 6.00. The third kappa shape index (κ3) is 4.30. The van der Waals surface area contributed by atoms with Gasteiger partial charge in [-0.05, 0) is 85.6 Å². The van der Waals surface area contributed by atoms with Gasteiger partial charge < -0.3 is 14.6 Å². The molecule has 0 atom stereocenters. The number of aliphatic imine (C=N–C) groups is 1. The van der Waals surface area contributed by atoms with E-state index in [1.165, 1.54) is 23.0 Å². The molecule has 1 aromatic heterocycles. The predicted molar refractivity (Wildman–Crippen MR) is 128 cm³/mol. The van der Waals surface area contributed by atoms with Crippen molar-refractivity contribution < 1.29 is 9.53 Å². The van der Waals surface area contributed by atoms with Crippen molar-refractivity contribution in [2.24, 2.45) is 4.99 Å². The van der Waals surface area contributed by atoms with Crippen LogP contribution in [0.15, 0.2) is 64.5 Å². The number of nitrogens with one attached hydrogen (secondary N) is 1. The van der Waals surface area contributed by atoms with Crippen LogP contribution in [0.3, 0.4) is 0 Å². The highest BCUT2D eigenvalue weighted by Crippen LogP contribution is 2.31. The molecule has 3 aromatic rings. The SMILES string of the molecule is CCc1ccccc1-n1c(C)cc(/C=C2\SC(=Nc3ccc(OC)cc3)NC2=O)c1C. The van der Waals surface area contributed by atoms with E-state index in [9.17, 15) is 4.79 Å². The largest absolute Gasteiger partial charge is 0.497 e. The molecule has 1 saturated heterocycles. The third-order valence-electron chi connectivity index (χ3n) is 5.32. The van der Waals surface area contributed by atoms with E-state index in [1.54, 1.807) is 7.11 Å². The summed E-state index contributed by atoms with van der Waals surface area (Å²) in [4.78, 5) is 17.7. The molecule has 1 N–H and O–H groups in total. The Labute approximate surface area is 186 Å². The highest BCUT2D eigenvalue weighted by Gasteiger charge is 2.24. The minimum absolute atomic E-state index is 0.129. The smallest absolute Gasteiger partial charge is 0.264 e. The molecule has 1 fully saturated rings. The molecule has 1 aliphatic rings. The number of carbonyl (C=O) groups is 1. The maximum Gasteiger partial charge on any atom is 0.264 e. The number of aromatic nitrogens is 1. The molecule has 158 valence electrons. The van der Waals surface area contributed by atoms with Gasteiger partial charge >= 0.3 is 0 Å². The van der Waals surface area contributed by atoms with Crippen LogP contribution in [0.5, 0.6) is 5.75 Å². The Morgan fingerprint density at radius 3 is 2.58 bits per heavy atom. The van der Waals surface area contributed by atoms with Crippen molar-refractivity contribution in [2.75, 3.05) is 7.11 Å². The van der Waals surface area contributed by atoms with Crippen molar-refractivity contribution >= 4 is 34.6 Å². The molecule has 5 nitrogen and oxygen atoms in total. The Balaban J connectivity index is 1.63. The summed E-state index contributed by atoms with van der Waals surface area (Å²) in [6, 6.07) is 18.0. The monoisotopic (exact) mass is 431 g/mol. The molecule has 0 spiro atoms. The topological polar surface area (TPSA) is 55.6 Å². The van der Waals surface area contributed by atoms with E-state index in [0.717, 1.165) is 34.8 Å². The molecular formula is C25H25N3O2S. The number of benzene rings is 2. The summed E-state index contributed by atoms with van der Waals surface area (Å²) in [5.74, 6) is 0.642. The first kappa shape index (κ1) is 21.0. The third-order valence-corrected chi connectivity index (χ3v) is 6.23. The first-order valence-electron chi connectivity index (χ1n) is 10.2. The fraction of sp³-hybridized carbons (Fsp3) is 0.200. The Bertz CT molecular complexity index is 1190. The molecule has 4 rings (SSSR count). The van der Waals surface area contributed by atoms with Crippen LogP contribution in [-0.2, 0) is 11.2 Å². The van der Waals surface area contributed by atoms with Crippen molar-refractivity contribution in [1.82, 2.24) is 9.88 Å². The van der Waals surface area contributed by atoms with Crippen LogP contribution in [0.4, 0.5) is 5.69 Å². The van der Waals surface area contributed by atoms with Gasteiger partial charge in [-0.25, -0.2) is 4.99 Å². The molecule has 31 heavy (non-hydrogen) atoms.